The van der Waals surface area contributed by atoms with Gasteiger partial charge < -0.3 is 33.3 Å². The van der Waals surface area contributed by atoms with Gasteiger partial charge in [0.1, 0.15) is 20.1 Å². The maximum absolute atomic E-state index is 13.5. The van der Waals surface area contributed by atoms with Crippen molar-refractivity contribution in [2.24, 2.45) is 4.99 Å². The molecule has 0 bridgehead atoms. The first-order valence-electron chi connectivity index (χ1n) is 19.7. The summed E-state index contributed by atoms with van der Waals surface area (Å²) in [5, 5.41) is 4.94. The molecule has 2 aliphatic rings. The van der Waals surface area contributed by atoms with Gasteiger partial charge in [-0.2, -0.15) is 9.61 Å². The number of rotatable bonds is 22. The summed E-state index contributed by atoms with van der Waals surface area (Å²) < 4.78 is 37.8. The molecule has 16 heteroatoms. The van der Waals surface area contributed by atoms with E-state index in [2.05, 4.69) is 71.2 Å². The quantitative estimate of drug-likeness (QED) is 0.0422. The van der Waals surface area contributed by atoms with Crippen LogP contribution in [-0.2, 0) is 33.2 Å². The Bertz CT molecular complexity index is 1780. The van der Waals surface area contributed by atoms with E-state index in [0.29, 0.717) is 77.8 Å². The minimum atomic E-state index is -1.31. The Morgan fingerprint density at radius 3 is 2.14 bits per heavy atom. The lowest BCUT2D eigenvalue weighted by Gasteiger charge is -2.38. The molecular weight excluding hydrogens is 813 g/mol. The number of hydrogen-bond donors (Lipinski definition) is 0. The maximum atomic E-state index is 13.5. The van der Waals surface area contributed by atoms with Crippen LogP contribution >= 0.6 is 15.9 Å². The molecule has 0 amide bonds. The molecule has 13 nitrogen and oxygen atoms in total. The largest absolute Gasteiger partial charge is 0.461 e. The lowest BCUT2D eigenvalue weighted by molar-refractivity contribution is -0.181. The molecule has 0 N–H and O–H groups in total. The zero-order valence-electron chi connectivity index (χ0n) is 34.6. The van der Waals surface area contributed by atoms with Crippen LogP contribution in [-0.4, -0.2) is 120 Å². The fourth-order valence-electron chi connectivity index (χ4n) is 6.68. The standard InChI is InChI=1S/C40H61BrN6O7Si2/c1-49-18-20-53-39(48)40(54-21-19-50-2)15-13-30(14-16-40)36-35(41)38(46(28-51-22-24-55(3,4)5)29-52-23-25-56(6,7)8)47-37(45-36)32(27-44-47)31-11-12-34(43-26-31)33-10-9-17-42-33/h9,11-12,17,26-27,30H,10,13-16,18-25,28-29H2,1-8H3. The topological polar surface area (TPSA) is 131 Å². The van der Waals surface area contributed by atoms with Crippen molar-refractivity contribution in [2.75, 3.05) is 72.2 Å². The summed E-state index contributed by atoms with van der Waals surface area (Å²) in [5.41, 5.74) is 4.08. The number of allylic oxidation sites excluding steroid dienone is 1. The molecular formula is C40H61BrN6O7Si2. The van der Waals surface area contributed by atoms with Crippen molar-refractivity contribution in [2.45, 2.75) is 95.0 Å². The highest BCUT2D eigenvalue weighted by atomic mass is 79.9. The molecule has 3 aromatic heterocycles. The summed E-state index contributed by atoms with van der Waals surface area (Å²) in [5.74, 6) is 0.454. The number of carbonyl (C=O) groups is 1. The smallest absolute Gasteiger partial charge is 0.338 e. The van der Waals surface area contributed by atoms with Gasteiger partial charge >= 0.3 is 5.97 Å². The number of hydrogen-bond acceptors (Lipinski definition) is 12. The Hall–Kier alpha value is -2.84. The van der Waals surface area contributed by atoms with Crippen LogP contribution in [0.25, 0.3) is 16.8 Å². The second-order valence-corrected chi connectivity index (χ2v) is 29.0. The van der Waals surface area contributed by atoms with E-state index < -0.39 is 21.7 Å². The molecule has 0 radical (unpaired) electrons. The van der Waals surface area contributed by atoms with Crippen LogP contribution in [0.1, 0.15) is 49.4 Å². The Morgan fingerprint density at radius 2 is 1.57 bits per heavy atom. The summed E-state index contributed by atoms with van der Waals surface area (Å²) in [7, 11) is 0.576. The number of anilines is 1. The number of ether oxygens (including phenoxy) is 6. The summed E-state index contributed by atoms with van der Waals surface area (Å²) in [6, 6.07) is 6.17. The van der Waals surface area contributed by atoms with Gasteiger partial charge in [0.15, 0.2) is 17.1 Å². The van der Waals surface area contributed by atoms with Crippen molar-refractivity contribution >= 4 is 55.2 Å². The summed E-state index contributed by atoms with van der Waals surface area (Å²) in [4.78, 5) is 30.3. The number of esters is 1. The first kappa shape index (κ1) is 44.3. The van der Waals surface area contributed by atoms with Gasteiger partial charge in [-0.1, -0.05) is 51.4 Å². The van der Waals surface area contributed by atoms with Crippen molar-refractivity contribution in [1.29, 1.82) is 0 Å². The first-order valence-corrected chi connectivity index (χ1v) is 27.9. The van der Waals surface area contributed by atoms with Crippen LogP contribution in [0.2, 0.25) is 51.4 Å². The number of aliphatic imine (C=N–C) groups is 1. The van der Waals surface area contributed by atoms with Crippen LogP contribution in [0.15, 0.2) is 46.3 Å². The molecule has 3 aromatic rings. The number of methoxy groups -OCH3 is 2. The SMILES string of the molecule is COCCOC(=O)C1(OCCOC)CCC(c2nc3c(-c4ccc(C5=NC=CC5)nc4)cnn3c(N(COCC[Si](C)(C)C)COCC[Si](C)(C)C)c2Br)CC1. The number of aromatic nitrogens is 4. The third kappa shape index (κ3) is 11.9. The van der Waals surface area contributed by atoms with E-state index in [1.54, 1.807) is 14.2 Å². The second kappa shape index (κ2) is 20.2. The summed E-state index contributed by atoms with van der Waals surface area (Å²) in [6.07, 6.45) is 10.6. The number of pyridine rings is 1. The number of halogens is 1. The third-order valence-corrected chi connectivity index (χ3v) is 14.3. The number of carbonyl (C=O) groups excluding carboxylic acids is 1. The van der Waals surface area contributed by atoms with Gasteiger partial charge in [-0.3, -0.25) is 9.98 Å². The zero-order valence-corrected chi connectivity index (χ0v) is 38.2. The first-order chi connectivity index (χ1) is 26.7. The van der Waals surface area contributed by atoms with Gasteiger partial charge in [-0.25, -0.2) is 9.78 Å². The Morgan fingerprint density at radius 1 is 0.911 bits per heavy atom. The normalized spacial score (nSPS) is 18.8. The second-order valence-electron chi connectivity index (χ2n) is 17.0. The van der Waals surface area contributed by atoms with Gasteiger partial charge in [0.25, 0.3) is 0 Å². The van der Waals surface area contributed by atoms with Crippen molar-refractivity contribution in [3.05, 3.63) is 52.7 Å². The highest BCUT2D eigenvalue weighted by Gasteiger charge is 2.45. The highest BCUT2D eigenvalue weighted by Crippen LogP contribution is 2.45. The molecule has 1 fully saturated rings. The lowest BCUT2D eigenvalue weighted by Crippen LogP contribution is -2.46. The van der Waals surface area contributed by atoms with Crippen molar-refractivity contribution in [1.82, 2.24) is 19.6 Å². The number of fused-ring (bicyclic) bond motifs is 1. The van der Waals surface area contributed by atoms with Crippen molar-refractivity contribution in [3.8, 4) is 11.1 Å². The van der Waals surface area contributed by atoms with E-state index in [9.17, 15) is 4.79 Å². The molecule has 0 saturated heterocycles. The van der Waals surface area contributed by atoms with Gasteiger partial charge in [-0.15, -0.1) is 0 Å². The predicted octanol–water partition coefficient (Wildman–Crippen LogP) is 7.94. The molecule has 1 aliphatic carbocycles. The summed E-state index contributed by atoms with van der Waals surface area (Å²) >= 11 is 4.04. The van der Waals surface area contributed by atoms with Crippen molar-refractivity contribution in [3.63, 3.8) is 0 Å². The van der Waals surface area contributed by atoms with Gasteiger partial charge in [0.05, 0.1) is 47.6 Å². The van der Waals surface area contributed by atoms with E-state index in [0.717, 1.165) is 57.0 Å². The van der Waals surface area contributed by atoms with Gasteiger partial charge in [0.2, 0.25) is 0 Å². The van der Waals surface area contributed by atoms with E-state index in [-0.39, 0.29) is 18.5 Å². The van der Waals surface area contributed by atoms with Crippen LogP contribution < -0.4 is 4.90 Å². The van der Waals surface area contributed by atoms with E-state index in [4.69, 9.17) is 43.5 Å². The molecule has 308 valence electrons. The average molecular weight is 874 g/mol. The molecule has 0 aromatic carbocycles. The van der Waals surface area contributed by atoms with E-state index in [1.807, 2.05) is 35.3 Å². The summed E-state index contributed by atoms with van der Waals surface area (Å²) in [6.45, 7) is 17.3. The lowest BCUT2D eigenvalue weighted by atomic mass is 9.77. The van der Waals surface area contributed by atoms with Crippen LogP contribution in [0.5, 0.6) is 0 Å². The fraction of sp³-hybridized carbons (Fsp3) is 0.625. The van der Waals surface area contributed by atoms with E-state index >= 15 is 0 Å². The molecule has 0 spiro atoms. The zero-order chi connectivity index (χ0) is 40.3. The average Bonchev–Trinajstić information content (AvgIpc) is 3.85. The van der Waals surface area contributed by atoms with Gasteiger partial charge in [0, 0.05) is 79.4 Å². The van der Waals surface area contributed by atoms with Crippen LogP contribution in [0, 0.1) is 0 Å². The Kier molecular flexibility index (Phi) is 16.0. The minimum absolute atomic E-state index is 0.0117. The highest BCUT2D eigenvalue weighted by molar-refractivity contribution is 9.10. The molecule has 1 aliphatic heterocycles. The third-order valence-electron chi connectivity index (χ3n) is 10.1. The van der Waals surface area contributed by atoms with Crippen LogP contribution in [0.4, 0.5) is 5.82 Å². The molecule has 0 atom stereocenters. The monoisotopic (exact) mass is 872 g/mol. The van der Waals surface area contributed by atoms with Crippen molar-refractivity contribution < 1.29 is 33.2 Å². The fourth-order valence-corrected chi connectivity index (χ4v) is 9.02. The molecule has 0 unspecified atom stereocenters. The van der Waals surface area contributed by atoms with E-state index in [1.165, 1.54) is 0 Å². The molecule has 5 rings (SSSR count). The Balaban J connectivity index is 1.53. The van der Waals surface area contributed by atoms with Crippen LogP contribution in [0.3, 0.4) is 0 Å². The molecule has 56 heavy (non-hydrogen) atoms. The number of nitrogens with zero attached hydrogens (tertiary/aromatic N) is 6. The Labute approximate surface area is 342 Å². The molecule has 1 saturated carbocycles. The predicted molar refractivity (Wildman–Crippen MR) is 229 cm³/mol. The molecule has 4 heterocycles. The van der Waals surface area contributed by atoms with Gasteiger partial charge in [-0.05, 0) is 59.8 Å². The maximum Gasteiger partial charge on any atom is 0.338 e. The minimum Gasteiger partial charge on any atom is -0.461 e.